The molecule has 1 unspecified atom stereocenters. The summed E-state index contributed by atoms with van der Waals surface area (Å²) in [5, 5.41) is 0. The molecule has 2 fully saturated rings. The number of hydrogen-bond donors (Lipinski definition) is 0. The topological polar surface area (TPSA) is 46.6 Å². The van der Waals surface area contributed by atoms with Crippen LogP contribution in [0.3, 0.4) is 0 Å². The molecular weight excluding hydrogens is 250 g/mol. The molecule has 1 aliphatic carbocycles. The van der Waals surface area contributed by atoms with E-state index in [-0.39, 0.29) is 24.0 Å². The summed E-state index contributed by atoms with van der Waals surface area (Å²) in [5.41, 5.74) is 0. The lowest BCUT2D eigenvalue weighted by atomic mass is 9.98. The number of hydrogen-bond acceptors (Lipinski definition) is 4. The van der Waals surface area contributed by atoms with Gasteiger partial charge in [0, 0.05) is 12.2 Å². The number of nitrogens with zero attached hydrogens (tertiary/aromatic N) is 1. The third-order valence-electron chi connectivity index (χ3n) is 3.61. The first kappa shape index (κ1) is 13.7. The Morgan fingerprint density at radius 1 is 1.28 bits per heavy atom. The maximum absolute atomic E-state index is 12.1. The fraction of sp³-hybridized carbons (Fsp3) is 0.846. The number of esters is 1. The molecule has 0 N–H and O–H groups in total. The summed E-state index contributed by atoms with van der Waals surface area (Å²) in [7, 11) is 0. The van der Waals surface area contributed by atoms with E-state index in [1.807, 2.05) is 6.92 Å². The minimum Gasteiger partial charge on any atom is -0.461 e. The third kappa shape index (κ3) is 3.19. The van der Waals surface area contributed by atoms with Crippen molar-refractivity contribution in [2.75, 3.05) is 11.6 Å². The lowest BCUT2D eigenvalue weighted by molar-refractivity contribution is -0.158. The van der Waals surface area contributed by atoms with Crippen LogP contribution in [0.15, 0.2) is 0 Å². The van der Waals surface area contributed by atoms with Crippen molar-refractivity contribution in [2.45, 2.75) is 57.6 Å². The number of thioether (sulfide) groups is 1. The number of carbonyl (C=O) groups excluding carboxylic acids is 2. The SMILES string of the molecule is CCC(=O)N1CSCC1C(=O)OC1CCCCC1. The fourth-order valence-electron chi connectivity index (χ4n) is 2.51. The van der Waals surface area contributed by atoms with Gasteiger partial charge in [-0.3, -0.25) is 4.79 Å². The molecule has 4 nitrogen and oxygen atoms in total. The van der Waals surface area contributed by atoms with Gasteiger partial charge >= 0.3 is 5.97 Å². The first-order valence-electron chi connectivity index (χ1n) is 6.80. The Balaban J connectivity index is 1.89. The van der Waals surface area contributed by atoms with Crippen LogP contribution < -0.4 is 0 Å². The highest BCUT2D eigenvalue weighted by Crippen LogP contribution is 2.25. The molecule has 1 amide bonds. The summed E-state index contributed by atoms with van der Waals surface area (Å²) in [6.07, 6.45) is 6.03. The Morgan fingerprint density at radius 2 is 2.00 bits per heavy atom. The van der Waals surface area contributed by atoms with Gasteiger partial charge in [0.2, 0.25) is 5.91 Å². The molecule has 0 spiro atoms. The van der Waals surface area contributed by atoms with Crippen LogP contribution in [0.5, 0.6) is 0 Å². The van der Waals surface area contributed by atoms with E-state index in [1.54, 1.807) is 16.7 Å². The van der Waals surface area contributed by atoms with Crippen LogP contribution in [-0.2, 0) is 14.3 Å². The predicted molar refractivity (Wildman–Crippen MR) is 71.2 cm³/mol. The zero-order valence-electron chi connectivity index (χ0n) is 10.9. The van der Waals surface area contributed by atoms with Crippen molar-refractivity contribution in [2.24, 2.45) is 0 Å². The fourth-order valence-corrected chi connectivity index (χ4v) is 3.68. The van der Waals surface area contributed by atoms with Crippen molar-refractivity contribution in [3.05, 3.63) is 0 Å². The molecule has 102 valence electrons. The summed E-state index contributed by atoms with van der Waals surface area (Å²) in [5.74, 6) is 1.15. The van der Waals surface area contributed by atoms with Gasteiger partial charge < -0.3 is 9.64 Å². The van der Waals surface area contributed by atoms with Crippen molar-refractivity contribution < 1.29 is 14.3 Å². The summed E-state index contributed by atoms with van der Waals surface area (Å²) >= 11 is 1.63. The van der Waals surface area contributed by atoms with Crippen molar-refractivity contribution in [1.82, 2.24) is 4.90 Å². The molecule has 0 bridgehead atoms. The van der Waals surface area contributed by atoms with E-state index in [9.17, 15) is 9.59 Å². The van der Waals surface area contributed by atoms with Gasteiger partial charge in [0.25, 0.3) is 0 Å². The van der Waals surface area contributed by atoms with Gasteiger partial charge in [-0.15, -0.1) is 11.8 Å². The molecule has 0 aromatic carbocycles. The number of amides is 1. The molecular formula is C13H21NO3S. The van der Waals surface area contributed by atoms with E-state index in [0.717, 1.165) is 25.7 Å². The maximum atomic E-state index is 12.1. The molecule has 1 atom stereocenters. The van der Waals surface area contributed by atoms with Gasteiger partial charge in [-0.05, 0) is 25.7 Å². The summed E-state index contributed by atoms with van der Waals surface area (Å²) in [6.45, 7) is 1.83. The average Bonchev–Trinajstić information content (AvgIpc) is 2.88. The molecule has 1 saturated carbocycles. The van der Waals surface area contributed by atoms with Crippen molar-refractivity contribution in [3.63, 3.8) is 0 Å². The second-order valence-electron chi connectivity index (χ2n) is 4.93. The second kappa shape index (κ2) is 6.45. The maximum Gasteiger partial charge on any atom is 0.330 e. The molecule has 18 heavy (non-hydrogen) atoms. The molecule has 2 rings (SSSR count). The van der Waals surface area contributed by atoms with Gasteiger partial charge in [0.05, 0.1) is 5.88 Å². The number of ether oxygens (including phenoxy) is 1. The minimum absolute atomic E-state index is 0.0468. The molecule has 0 aromatic rings. The quantitative estimate of drug-likeness (QED) is 0.738. The van der Waals surface area contributed by atoms with Crippen LogP contribution in [0.1, 0.15) is 45.4 Å². The molecule has 1 heterocycles. The lowest BCUT2D eigenvalue weighted by Crippen LogP contribution is -2.43. The van der Waals surface area contributed by atoms with E-state index >= 15 is 0 Å². The third-order valence-corrected chi connectivity index (χ3v) is 4.62. The van der Waals surface area contributed by atoms with Crippen LogP contribution >= 0.6 is 11.8 Å². The Morgan fingerprint density at radius 3 is 2.67 bits per heavy atom. The Bertz CT molecular complexity index is 315. The van der Waals surface area contributed by atoms with Crippen LogP contribution in [-0.4, -0.2) is 40.6 Å². The van der Waals surface area contributed by atoms with Gasteiger partial charge in [-0.25, -0.2) is 4.79 Å². The van der Waals surface area contributed by atoms with E-state index in [2.05, 4.69) is 0 Å². The number of carbonyl (C=O) groups is 2. The molecule has 5 heteroatoms. The van der Waals surface area contributed by atoms with Crippen LogP contribution in [0.4, 0.5) is 0 Å². The van der Waals surface area contributed by atoms with Crippen LogP contribution in [0, 0.1) is 0 Å². The van der Waals surface area contributed by atoms with Gasteiger partial charge in [-0.1, -0.05) is 13.3 Å². The summed E-state index contributed by atoms with van der Waals surface area (Å²) in [6, 6.07) is -0.357. The predicted octanol–water partition coefficient (Wildman–Crippen LogP) is 2.17. The molecule has 1 aliphatic heterocycles. The molecule has 1 saturated heterocycles. The average molecular weight is 271 g/mol. The van der Waals surface area contributed by atoms with E-state index in [0.29, 0.717) is 18.1 Å². The van der Waals surface area contributed by atoms with Gasteiger partial charge in [0.1, 0.15) is 12.1 Å². The first-order chi connectivity index (χ1) is 8.72. The summed E-state index contributed by atoms with van der Waals surface area (Å²) < 4.78 is 5.55. The van der Waals surface area contributed by atoms with Crippen molar-refractivity contribution in [3.8, 4) is 0 Å². The highest BCUT2D eigenvalue weighted by Gasteiger charge is 2.36. The van der Waals surface area contributed by atoms with Crippen molar-refractivity contribution >= 4 is 23.6 Å². The highest BCUT2D eigenvalue weighted by molar-refractivity contribution is 7.99. The van der Waals surface area contributed by atoms with Crippen LogP contribution in [0.2, 0.25) is 0 Å². The molecule has 2 aliphatic rings. The Hall–Kier alpha value is -0.710. The normalized spacial score (nSPS) is 25.2. The zero-order chi connectivity index (χ0) is 13.0. The second-order valence-corrected chi connectivity index (χ2v) is 5.93. The monoisotopic (exact) mass is 271 g/mol. The van der Waals surface area contributed by atoms with Crippen LogP contribution in [0.25, 0.3) is 0 Å². The molecule has 0 radical (unpaired) electrons. The first-order valence-corrected chi connectivity index (χ1v) is 7.95. The smallest absolute Gasteiger partial charge is 0.330 e. The lowest BCUT2D eigenvalue weighted by Gasteiger charge is -2.26. The Kier molecular flexibility index (Phi) is 4.92. The molecule has 0 aromatic heterocycles. The van der Waals surface area contributed by atoms with E-state index in [4.69, 9.17) is 4.74 Å². The standard InChI is InChI=1S/C13H21NO3S/c1-2-12(15)14-9-18-8-11(14)13(16)17-10-6-4-3-5-7-10/h10-11H,2-9H2,1H3. The van der Waals surface area contributed by atoms with E-state index in [1.165, 1.54) is 6.42 Å². The van der Waals surface area contributed by atoms with Gasteiger partial charge in [-0.2, -0.15) is 0 Å². The minimum atomic E-state index is -0.357. The highest BCUT2D eigenvalue weighted by atomic mass is 32.2. The van der Waals surface area contributed by atoms with Gasteiger partial charge in [0.15, 0.2) is 0 Å². The zero-order valence-corrected chi connectivity index (χ0v) is 11.7. The summed E-state index contributed by atoms with van der Waals surface area (Å²) in [4.78, 5) is 25.5. The largest absolute Gasteiger partial charge is 0.461 e. The van der Waals surface area contributed by atoms with Crippen molar-refractivity contribution in [1.29, 1.82) is 0 Å². The Labute approximate surface area is 112 Å². The van der Waals surface area contributed by atoms with E-state index < -0.39 is 0 Å². The number of rotatable bonds is 3.